The second-order valence-corrected chi connectivity index (χ2v) is 3.93. The van der Waals surface area contributed by atoms with Crippen LogP contribution in [0, 0.1) is 6.92 Å². The van der Waals surface area contributed by atoms with E-state index in [9.17, 15) is 0 Å². The van der Waals surface area contributed by atoms with Crippen molar-refractivity contribution in [2.45, 2.75) is 25.8 Å². The Morgan fingerprint density at radius 3 is 2.64 bits per heavy atom. The van der Waals surface area contributed by atoms with Crippen molar-refractivity contribution in [3.05, 3.63) is 29.3 Å². The Bertz CT molecular complexity index is 321. The lowest BCUT2D eigenvalue weighted by atomic mass is 9.87. The Hall–Kier alpha value is -1.06. The van der Waals surface area contributed by atoms with Crippen LogP contribution in [0.25, 0.3) is 0 Å². The largest absolute Gasteiger partial charge is 0.398 e. The van der Waals surface area contributed by atoms with Crippen molar-refractivity contribution in [3.63, 3.8) is 0 Å². The van der Waals surface area contributed by atoms with Crippen LogP contribution < -0.4 is 11.5 Å². The van der Waals surface area contributed by atoms with Crippen LogP contribution in [-0.4, -0.2) is 11.7 Å². The first kappa shape index (κ1) is 11.0. The maximum absolute atomic E-state index is 8.90. The van der Waals surface area contributed by atoms with Crippen molar-refractivity contribution in [2.75, 3.05) is 12.3 Å². The number of aliphatic hydroxyl groups is 1. The second-order valence-electron chi connectivity index (χ2n) is 3.93. The van der Waals surface area contributed by atoms with Crippen LogP contribution in [0.4, 0.5) is 5.69 Å². The molecule has 5 N–H and O–H groups in total. The minimum Gasteiger partial charge on any atom is -0.398 e. The van der Waals surface area contributed by atoms with E-state index in [4.69, 9.17) is 16.6 Å². The van der Waals surface area contributed by atoms with Gasteiger partial charge in [0.05, 0.1) is 0 Å². The topological polar surface area (TPSA) is 72.3 Å². The minimum absolute atomic E-state index is 0.0698. The van der Waals surface area contributed by atoms with Crippen molar-refractivity contribution in [1.29, 1.82) is 0 Å². The van der Waals surface area contributed by atoms with Crippen molar-refractivity contribution in [3.8, 4) is 0 Å². The number of rotatable bonds is 3. The summed E-state index contributed by atoms with van der Waals surface area (Å²) in [6.07, 6.45) is 0.515. The minimum atomic E-state index is -0.551. The van der Waals surface area contributed by atoms with Gasteiger partial charge in [0.25, 0.3) is 0 Å². The van der Waals surface area contributed by atoms with Gasteiger partial charge in [0.15, 0.2) is 0 Å². The number of benzene rings is 1. The molecule has 3 nitrogen and oxygen atoms in total. The van der Waals surface area contributed by atoms with Crippen LogP contribution >= 0.6 is 0 Å². The highest BCUT2D eigenvalue weighted by molar-refractivity contribution is 5.55. The normalized spacial score (nSPS) is 15.1. The lowest BCUT2D eigenvalue weighted by molar-refractivity contribution is 0.247. The van der Waals surface area contributed by atoms with E-state index in [1.807, 2.05) is 32.0 Å². The highest BCUT2D eigenvalue weighted by Gasteiger charge is 2.23. The molecule has 0 heterocycles. The number of aryl methyl sites for hydroxylation is 1. The molecule has 0 aliphatic carbocycles. The highest BCUT2D eigenvalue weighted by Crippen LogP contribution is 2.28. The summed E-state index contributed by atoms with van der Waals surface area (Å²) in [5.41, 5.74) is 14.1. The first-order valence-electron chi connectivity index (χ1n) is 4.74. The third kappa shape index (κ3) is 2.05. The summed E-state index contributed by atoms with van der Waals surface area (Å²) in [5.74, 6) is 0. The molecule has 78 valence electrons. The molecule has 0 unspecified atom stereocenters. The van der Waals surface area contributed by atoms with Gasteiger partial charge in [-0.25, -0.2) is 0 Å². The number of anilines is 1. The van der Waals surface area contributed by atoms with Crippen LogP contribution in [0.5, 0.6) is 0 Å². The van der Waals surface area contributed by atoms with Crippen LogP contribution in [0.3, 0.4) is 0 Å². The molecule has 0 bridgehead atoms. The van der Waals surface area contributed by atoms with E-state index < -0.39 is 5.54 Å². The molecular weight excluding hydrogens is 176 g/mol. The van der Waals surface area contributed by atoms with Gasteiger partial charge in [-0.15, -0.1) is 0 Å². The summed E-state index contributed by atoms with van der Waals surface area (Å²) in [4.78, 5) is 0. The lowest BCUT2D eigenvalue weighted by Crippen LogP contribution is -2.35. The van der Waals surface area contributed by atoms with Crippen LogP contribution in [-0.2, 0) is 5.54 Å². The fourth-order valence-electron chi connectivity index (χ4n) is 1.55. The number of nitrogens with two attached hydrogens (primary N) is 2. The Kier molecular flexibility index (Phi) is 3.13. The lowest BCUT2D eigenvalue weighted by Gasteiger charge is -2.26. The van der Waals surface area contributed by atoms with E-state index in [1.54, 1.807) is 0 Å². The Morgan fingerprint density at radius 1 is 1.43 bits per heavy atom. The molecular formula is C11H18N2O. The molecule has 1 rings (SSSR count). The van der Waals surface area contributed by atoms with Gasteiger partial charge < -0.3 is 16.6 Å². The maximum atomic E-state index is 8.90. The first-order chi connectivity index (χ1) is 6.49. The van der Waals surface area contributed by atoms with Crippen LogP contribution in [0.15, 0.2) is 18.2 Å². The maximum Gasteiger partial charge on any atom is 0.0451 e. The molecule has 1 aromatic carbocycles. The SMILES string of the molecule is Cc1cccc([C@](C)(N)CCO)c1N. The summed E-state index contributed by atoms with van der Waals surface area (Å²) in [6.45, 7) is 3.91. The summed E-state index contributed by atoms with van der Waals surface area (Å²) in [6, 6.07) is 5.80. The van der Waals surface area contributed by atoms with Crippen molar-refractivity contribution in [2.24, 2.45) is 5.73 Å². The van der Waals surface area contributed by atoms with E-state index in [-0.39, 0.29) is 6.61 Å². The molecule has 0 fully saturated rings. The van der Waals surface area contributed by atoms with Gasteiger partial charge in [-0.1, -0.05) is 18.2 Å². The predicted octanol–water partition coefficient (Wildman–Crippen LogP) is 1.13. The third-order valence-electron chi connectivity index (χ3n) is 2.57. The van der Waals surface area contributed by atoms with Gasteiger partial charge in [-0.05, 0) is 31.4 Å². The van der Waals surface area contributed by atoms with Crippen LogP contribution in [0.1, 0.15) is 24.5 Å². The molecule has 1 aromatic rings. The number of aliphatic hydroxyl groups excluding tert-OH is 1. The van der Waals surface area contributed by atoms with Crippen molar-refractivity contribution >= 4 is 5.69 Å². The predicted molar refractivity (Wildman–Crippen MR) is 58.8 cm³/mol. The fourth-order valence-corrected chi connectivity index (χ4v) is 1.55. The van der Waals surface area contributed by atoms with Crippen LogP contribution in [0.2, 0.25) is 0 Å². The molecule has 0 saturated heterocycles. The smallest absolute Gasteiger partial charge is 0.0451 e. The number of hydrogen-bond acceptors (Lipinski definition) is 3. The van der Waals surface area contributed by atoms with E-state index in [1.165, 1.54) is 0 Å². The molecule has 3 heteroatoms. The standard InChI is InChI=1S/C11H18N2O/c1-8-4-3-5-9(10(8)12)11(2,13)6-7-14/h3-5,14H,6-7,12-13H2,1-2H3/t11-/m1/s1. The quantitative estimate of drug-likeness (QED) is 0.632. The Balaban J connectivity index is 3.12. The fraction of sp³-hybridized carbons (Fsp3) is 0.455. The van der Waals surface area contributed by atoms with Crippen molar-refractivity contribution < 1.29 is 5.11 Å². The molecule has 0 aromatic heterocycles. The number of para-hydroxylation sites is 1. The zero-order chi connectivity index (χ0) is 10.8. The zero-order valence-corrected chi connectivity index (χ0v) is 8.75. The van der Waals surface area contributed by atoms with E-state index in [2.05, 4.69) is 0 Å². The average molecular weight is 194 g/mol. The molecule has 0 radical (unpaired) electrons. The van der Waals surface area contributed by atoms with Crippen molar-refractivity contribution in [1.82, 2.24) is 0 Å². The molecule has 14 heavy (non-hydrogen) atoms. The zero-order valence-electron chi connectivity index (χ0n) is 8.75. The van der Waals surface area contributed by atoms with Gasteiger partial charge in [-0.2, -0.15) is 0 Å². The van der Waals surface area contributed by atoms with E-state index in [0.29, 0.717) is 6.42 Å². The molecule has 0 spiro atoms. The van der Waals surface area contributed by atoms with Gasteiger partial charge in [0.1, 0.15) is 0 Å². The average Bonchev–Trinajstić information content (AvgIpc) is 2.09. The highest BCUT2D eigenvalue weighted by atomic mass is 16.3. The summed E-state index contributed by atoms with van der Waals surface area (Å²) >= 11 is 0. The molecule has 0 aliphatic rings. The summed E-state index contributed by atoms with van der Waals surface area (Å²) in [7, 11) is 0. The molecule has 0 aliphatic heterocycles. The summed E-state index contributed by atoms with van der Waals surface area (Å²) in [5, 5.41) is 8.90. The van der Waals surface area contributed by atoms with Gasteiger partial charge >= 0.3 is 0 Å². The monoisotopic (exact) mass is 194 g/mol. The molecule has 0 saturated carbocycles. The first-order valence-corrected chi connectivity index (χ1v) is 4.74. The van der Waals surface area contributed by atoms with Gasteiger partial charge in [0, 0.05) is 17.8 Å². The van der Waals surface area contributed by atoms with Gasteiger partial charge in [0.2, 0.25) is 0 Å². The number of nitrogen functional groups attached to an aromatic ring is 1. The summed E-state index contributed by atoms with van der Waals surface area (Å²) < 4.78 is 0. The Morgan fingerprint density at radius 2 is 2.07 bits per heavy atom. The van der Waals surface area contributed by atoms with E-state index in [0.717, 1.165) is 16.8 Å². The third-order valence-corrected chi connectivity index (χ3v) is 2.57. The molecule has 0 amide bonds. The number of hydrogen-bond donors (Lipinski definition) is 3. The molecule has 1 atom stereocenters. The van der Waals surface area contributed by atoms with Gasteiger partial charge in [-0.3, -0.25) is 0 Å². The Labute approximate surface area is 84.7 Å². The second kappa shape index (κ2) is 3.98. The van der Waals surface area contributed by atoms with E-state index >= 15 is 0 Å².